The van der Waals surface area contributed by atoms with Gasteiger partial charge in [0.1, 0.15) is 11.9 Å². The topological polar surface area (TPSA) is 105 Å². The van der Waals surface area contributed by atoms with E-state index in [2.05, 4.69) is 0 Å². The van der Waals surface area contributed by atoms with Crippen LogP contribution in [0.1, 0.15) is 31.2 Å². The minimum atomic E-state index is -4.47. The van der Waals surface area contributed by atoms with Crippen molar-refractivity contribution < 1.29 is 41.1 Å². The van der Waals surface area contributed by atoms with Crippen molar-refractivity contribution in [3.63, 3.8) is 0 Å². The number of hydrogen-bond donors (Lipinski definition) is 2. The van der Waals surface area contributed by atoms with Gasteiger partial charge in [-0.1, -0.05) is 6.07 Å². The van der Waals surface area contributed by atoms with E-state index in [9.17, 15) is 26.4 Å². The Morgan fingerprint density at radius 3 is 2.48 bits per heavy atom. The molecule has 3 rings (SSSR count). The van der Waals surface area contributed by atoms with Crippen LogP contribution in [-0.4, -0.2) is 62.0 Å². The highest BCUT2D eigenvalue weighted by Gasteiger charge is 2.45. The lowest BCUT2D eigenvalue weighted by Gasteiger charge is -2.37. The van der Waals surface area contributed by atoms with Crippen LogP contribution in [0.3, 0.4) is 0 Å². The van der Waals surface area contributed by atoms with E-state index in [1.165, 1.54) is 16.4 Å². The van der Waals surface area contributed by atoms with Gasteiger partial charge in [0.05, 0.1) is 16.7 Å². The number of alkyl halides is 3. The maximum atomic E-state index is 13.0. The SMILES string of the molecule is O=C(NO)C1(CS(=O)(=O)N2CCC(Oc3cccc(C(F)(F)F)c3)CC2)CCOCC1. The maximum Gasteiger partial charge on any atom is 0.416 e. The molecule has 0 radical (unpaired) electrons. The number of carbonyl (C=O) groups excluding carboxylic acids is 1. The zero-order chi connectivity index (χ0) is 22.7. The number of carbonyl (C=O) groups is 1. The van der Waals surface area contributed by atoms with Crippen LogP contribution < -0.4 is 10.2 Å². The van der Waals surface area contributed by atoms with Gasteiger partial charge >= 0.3 is 6.18 Å². The molecule has 0 saturated carbocycles. The highest BCUT2D eigenvalue weighted by molar-refractivity contribution is 7.89. The molecule has 2 N–H and O–H groups in total. The number of sulfonamides is 1. The number of rotatable bonds is 6. The summed E-state index contributed by atoms with van der Waals surface area (Å²) in [5.74, 6) is -1.12. The van der Waals surface area contributed by atoms with Crippen molar-refractivity contribution >= 4 is 15.9 Å². The Morgan fingerprint density at radius 1 is 1.26 bits per heavy atom. The minimum Gasteiger partial charge on any atom is -0.490 e. The summed E-state index contributed by atoms with van der Waals surface area (Å²) in [6.07, 6.45) is -3.94. The molecule has 1 aromatic rings. The van der Waals surface area contributed by atoms with E-state index in [4.69, 9.17) is 14.7 Å². The molecule has 12 heteroatoms. The van der Waals surface area contributed by atoms with Crippen LogP contribution in [0.2, 0.25) is 0 Å². The van der Waals surface area contributed by atoms with Gasteiger partial charge in [0.15, 0.2) is 0 Å². The van der Waals surface area contributed by atoms with Crippen LogP contribution in [0.15, 0.2) is 24.3 Å². The predicted octanol–water partition coefficient (Wildman–Crippen LogP) is 2.18. The van der Waals surface area contributed by atoms with E-state index in [1.807, 2.05) is 0 Å². The summed E-state index contributed by atoms with van der Waals surface area (Å²) in [5.41, 5.74) is -0.505. The van der Waals surface area contributed by atoms with Crippen molar-refractivity contribution in [1.29, 1.82) is 0 Å². The van der Waals surface area contributed by atoms with Crippen LogP contribution in [-0.2, 0) is 25.7 Å². The molecular weight excluding hydrogens is 441 g/mol. The Kier molecular flexibility index (Phi) is 7.14. The summed E-state index contributed by atoms with van der Waals surface area (Å²) < 4.78 is 76.6. The van der Waals surface area contributed by atoms with E-state index in [1.54, 1.807) is 5.48 Å². The smallest absolute Gasteiger partial charge is 0.416 e. The van der Waals surface area contributed by atoms with Crippen LogP contribution in [0, 0.1) is 5.41 Å². The number of hydrogen-bond acceptors (Lipinski definition) is 6. The fourth-order valence-electron chi connectivity index (χ4n) is 3.92. The third-order valence-corrected chi connectivity index (χ3v) is 7.82. The highest BCUT2D eigenvalue weighted by atomic mass is 32.2. The van der Waals surface area contributed by atoms with E-state index in [-0.39, 0.29) is 44.9 Å². The summed E-state index contributed by atoms with van der Waals surface area (Å²) in [4.78, 5) is 12.2. The predicted molar refractivity (Wildman–Crippen MR) is 103 cm³/mol. The first-order chi connectivity index (χ1) is 14.6. The van der Waals surface area contributed by atoms with Gasteiger partial charge in [-0.25, -0.2) is 18.2 Å². The number of amides is 1. The molecule has 174 valence electrons. The van der Waals surface area contributed by atoms with Crippen molar-refractivity contribution in [3.05, 3.63) is 29.8 Å². The first-order valence-corrected chi connectivity index (χ1v) is 11.5. The van der Waals surface area contributed by atoms with Crippen molar-refractivity contribution in [1.82, 2.24) is 9.79 Å². The third-order valence-electron chi connectivity index (χ3n) is 5.75. The quantitative estimate of drug-likeness (QED) is 0.492. The molecule has 2 aliphatic rings. The van der Waals surface area contributed by atoms with Crippen LogP contribution >= 0.6 is 0 Å². The van der Waals surface area contributed by atoms with Crippen LogP contribution in [0.4, 0.5) is 13.2 Å². The van der Waals surface area contributed by atoms with Gasteiger partial charge in [-0.3, -0.25) is 10.0 Å². The summed E-state index contributed by atoms with van der Waals surface area (Å²) in [6.45, 7) is 0.685. The van der Waals surface area contributed by atoms with Gasteiger partial charge in [0.2, 0.25) is 10.0 Å². The molecule has 0 bridgehead atoms. The monoisotopic (exact) mass is 466 g/mol. The molecule has 8 nitrogen and oxygen atoms in total. The van der Waals surface area contributed by atoms with Gasteiger partial charge in [-0.05, 0) is 43.9 Å². The minimum absolute atomic E-state index is 0.0805. The molecule has 0 atom stereocenters. The third kappa shape index (κ3) is 5.68. The number of benzene rings is 1. The molecule has 2 fully saturated rings. The van der Waals surface area contributed by atoms with Gasteiger partial charge in [0.25, 0.3) is 5.91 Å². The van der Waals surface area contributed by atoms with E-state index < -0.39 is 44.9 Å². The molecule has 2 aliphatic heterocycles. The average Bonchev–Trinajstić information content (AvgIpc) is 2.73. The lowest BCUT2D eigenvalue weighted by molar-refractivity contribution is -0.143. The van der Waals surface area contributed by atoms with Gasteiger partial charge in [0, 0.05) is 26.3 Å². The van der Waals surface area contributed by atoms with E-state index in [0.29, 0.717) is 12.8 Å². The second-order valence-corrected chi connectivity index (χ2v) is 9.80. The summed E-state index contributed by atoms with van der Waals surface area (Å²) >= 11 is 0. The molecule has 2 heterocycles. The second-order valence-electron chi connectivity index (χ2n) is 7.83. The van der Waals surface area contributed by atoms with Crippen LogP contribution in [0.25, 0.3) is 0 Å². The summed E-state index contributed by atoms with van der Waals surface area (Å²) in [7, 11) is -3.82. The Hall–Kier alpha value is -1.89. The van der Waals surface area contributed by atoms with Crippen molar-refractivity contribution in [2.45, 2.75) is 38.0 Å². The molecule has 1 aromatic carbocycles. The summed E-state index contributed by atoms with van der Waals surface area (Å²) in [6, 6.07) is 4.57. The van der Waals surface area contributed by atoms with Crippen molar-refractivity contribution in [3.8, 4) is 5.75 Å². The number of hydroxylamine groups is 1. The Morgan fingerprint density at radius 2 is 1.90 bits per heavy atom. The number of nitrogens with one attached hydrogen (secondary N) is 1. The molecule has 31 heavy (non-hydrogen) atoms. The Bertz CT molecular complexity index is 879. The molecule has 0 spiro atoms. The standard InChI is InChI=1S/C19H25F3N2O6S/c20-19(21,22)14-2-1-3-16(12-14)30-15-4-8-24(9-5-15)31(27,28)13-18(17(25)23-26)6-10-29-11-7-18/h1-3,12,15,26H,4-11,13H2,(H,23,25). The maximum absolute atomic E-state index is 13.0. The number of piperidine rings is 1. The highest BCUT2D eigenvalue weighted by Crippen LogP contribution is 2.35. The fourth-order valence-corrected chi connectivity index (χ4v) is 5.99. The largest absolute Gasteiger partial charge is 0.490 e. The fraction of sp³-hybridized carbons (Fsp3) is 0.632. The molecular formula is C19H25F3N2O6S. The van der Waals surface area contributed by atoms with Gasteiger partial charge < -0.3 is 9.47 Å². The van der Waals surface area contributed by atoms with Crippen LogP contribution in [0.5, 0.6) is 5.75 Å². The lowest BCUT2D eigenvalue weighted by Crippen LogP contribution is -2.52. The molecule has 2 saturated heterocycles. The summed E-state index contributed by atoms with van der Waals surface area (Å²) in [5, 5.41) is 9.07. The van der Waals surface area contributed by atoms with Crippen molar-refractivity contribution in [2.75, 3.05) is 32.1 Å². The van der Waals surface area contributed by atoms with Gasteiger partial charge in [-0.2, -0.15) is 13.2 Å². The first-order valence-electron chi connectivity index (χ1n) is 9.90. The number of nitrogens with zero attached hydrogens (tertiary/aromatic N) is 1. The zero-order valence-corrected chi connectivity index (χ0v) is 17.5. The zero-order valence-electron chi connectivity index (χ0n) is 16.7. The van der Waals surface area contributed by atoms with E-state index in [0.717, 1.165) is 12.1 Å². The number of halogens is 3. The van der Waals surface area contributed by atoms with E-state index >= 15 is 0 Å². The lowest BCUT2D eigenvalue weighted by atomic mass is 9.81. The van der Waals surface area contributed by atoms with Crippen molar-refractivity contribution in [2.24, 2.45) is 5.41 Å². The number of ether oxygens (including phenoxy) is 2. The molecule has 0 unspecified atom stereocenters. The first kappa shape index (κ1) is 23.8. The molecule has 0 aliphatic carbocycles. The normalized spacial score (nSPS) is 20.9. The average molecular weight is 466 g/mol. The molecule has 0 aromatic heterocycles. The van der Waals surface area contributed by atoms with Gasteiger partial charge in [-0.15, -0.1) is 0 Å². The Labute approximate surface area is 178 Å². The second kappa shape index (κ2) is 9.31. The Balaban J connectivity index is 1.61. The molecule has 1 amide bonds.